The fraction of sp³-hybridized carbons (Fsp3) is 0.417. The van der Waals surface area contributed by atoms with Crippen LogP contribution in [0.1, 0.15) is 62.0 Å². The van der Waals surface area contributed by atoms with Crippen molar-refractivity contribution in [2.45, 2.75) is 50.9 Å². The molecular weight excluding hydrogens is 364 g/mol. The van der Waals surface area contributed by atoms with Crippen molar-refractivity contribution in [1.29, 1.82) is 0 Å². The van der Waals surface area contributed by atoms with E-state index in [1.807, 2.05) is 18.2 Å². The van der Waals surface area contributed by atoms with Crippen LogP contribution in [0.15, 0.2) is 54.6 Å². The highest BCUT2D eigenvalue weighted by Crippen LogP contribution is 2.38. The molecular formula is C24H26F4. The third-order valence-electron chi connectivity index (χ3n) is 5.80. The summed E-state index contributed by atoms with van der Waals surface area (Å²) in [7, 11) is 0. The predicted molar refractivity (Wildman–Crippen MR) is 106 cm³/mol. The number of benzene rings is 2. The zero-order chi connectivity index (χ0) is 19.9. The lowest BCUT2D eigenvalue weighted by Gasteiger charge is -2.28. The van der Waals surface area contributed by atoms with Gasteiger partial charge in [-0.3, -0.25) is 0 Å². The maximum absolute atomic E-state index is 13.8. The Hall–Kier alpha value is -2.10. The molecule has 1 fully saturated rings. The Morgan fingerprint density at radius 2 is 1.57 bits per heavy atom. The van der Waals surface area contributed by atoms with E-state index in [0.29, 0.717) is 11.5 Å². The van der Waals surface area contributed by atoms with Crippen molar-refractivity contribution in [2.75, 3.05) is 6.67 Å². The molecule has 1 saturated carbocycles. The second-order valence-corrected chi connectivity index (χ2v) is 7.58. The number of alkyl halides is 3. The number of halogens is 4. The van der Waals surface area contributed by atoms with Gasteiger partial charge in [0.2, 0.25) is 0 Å². The Labute approximate surface area is 164 Å². The maximum Gasteiger partial charge on any atom is 0.266 e. The number of rotatable bonds is 7. The molecule has 0 spiro atoms. The van der Waals surface area contributed by atoms with E-state index < -0.39 is 17.8 Å². The molecule has 150 valence electrons. The van der Waals surface area contributed by atoms with Gasteiger partial charge in [-0.05, 0) is 79.2 Å². The monoisotopic (exact) mass is 390 g/mol. The van der Waals surface area contributed by atoms with Crippen LogP contribution in [-0.4, -0.2) is 6.67 Å². The normalized spacial score (nSPS) is 20.2. The third-order valence-corrected chi connectivity index (χ3v) is 5.80. The molecule has 28 heavy (non-hydrogen) atoms. The smallest absolute Gasteiger partial charge is 0.247 e. The highest BCUT2D eigenvalue weighted by atomic mass is 19.3. The van der Waals surface area contributed by atoms with Crippen molar-refractivity contribution in [3.05, 3.63) is 71.6 Å². The minimum atomic E-state index is -2.80. The molecule has 0 saturated heterocycles. The van der Waals surface area contributed by atoms with E-state index in [1.165, 1.54) is 24.5 Å². The summed E-state index contributed by atoms with van der Waals surface area (Å²) in [4.78, 5) is 0. The number of hydrogen-bond acceptors (Lipinski definition) is 0. The Kier molecular flexibility index (Phi) is 7.30. The molecule has 0 radical (unpaired) electrons. The molecule has 2 aromatic rings. The lowest BCUT2D eigenvalue weighted by atomic mass is 9.77. The van der Waals surface area contributed by atoms with E-state index in [-0.39, 0.29) is 6.67 Å². The van der Waals surface area contributed by atoms with Gasteiger partial charge >= 0.3 is 0 Å². The quantitative estimate of drug-likeness (QED) is 0.332. The molecule has 0 bridgehead atoms. The van der Waals surface area contributed by atoms with E-state index in [4.69, 9.17) is 0 Å². The van der Waals surface area contributed by atoms with Gasteiger partial charge in [0.25, 0.3) is 6.43 Å². The Balaban J connectivity index is 1.58. The SMILES string of the molecule is FCC=CCC[C@H]1CC[C@H](c2ccc(-c3ccc(C(F)F)c(F)c3)cc2)CC1. The van der Waals surface area contributed by atoms with Crippen LogP contribution in [0, 0.1) is 11.7 Å². The van der Waals surface area contributed by atoms with Crippen molar-refractivity contribution >= 4 is 0 Å². The maximum atomic E-state index is 13.8. The van der Waals surface area contributed by atoms with Crippen molar-refractivity contribution in [1.82, 2.24) is 0 Å². The van der Waals surface area contributed by atoms with Crippen LogP contribution in [0.3, 0.4) is 0 Å². The molecule has 0 aliphatic heterocycles. The fourth-order valence-electron chi connectivity index (χ4n) is 4.13. The minimum absolute atomic E-state index is 0.383. The molecule has 0 aromatic heterocycles. The van der Waals surface area contributed by atoms with E-state index >= 15 is 0 Å². The predicted octanol–water partition coefficient (Wildman–Crippen LogP) is 8.01. The van der Waals surface area contributed by atoms with E-state index in [9.17, 15) is 17.6 Å². The Morgan fingerprint density at radius 3 is 2.18 bits per heavy atom. The molecule has 1 aliphatic rings. The van der Waals surface area contributed by atoms with Gasteiger partial charge in [-0.15, -0.1) is 0 Å². The molecule has 3 rings (SSSR count). The van der Waals surface area contributed by atoms with Gasteiger partial charge in [0.15, 0.2) is 0 Å². The molecule has 4 heteroatoms. The van der Waals surface area contributed by atoms with Gasteiger partial charge in [-0.1, -0.05) is 42.5 Å². The summed E-state index contributed by atoms with van der Waals surface area (Å²) in [6, 6.07) is 11.9. The molecule has 0 heterocycles. The highest BCUT2D eigenvalue weighted by molar-refractivity contribution is 5.64. The highest BCUT2D eigenvalue weighted by Gasteiger charge is 2.22. The van der Waals surface area contributed by atoms with Gasteiger partial charge in [-0.25, -0.2) is 17.6 Å². The van der Waals surface area contributed by atoms with Crippen LogP contribution >= 0.6 is 0 Å². The topological polar surface area (TPSA) is 0 Å². The van der Waals surface area contributed by atoms with Crippen LogP contribution in [0.5, 0.6) is 0 Å². The lowest BCUT2D eigenvalue weighted by Crippen LogP contribution is -2.13. The first kappa shape index (κ1) is 20.6. The van der Waals surface area contributed by atoms with Crippen molar-refractivity contribution < 1.29 is 17.6 Å². The van der Waals surface area contributed by atoms with Crippen LogP contribution in [0.25, 0.3) is 11.1 Å². The van der Waals surface area contributed by atoms with Gasteiger partial charge in [0.1, 0.15) is 12.5 Å². The van der Waals surface area contributed by atoms with Gasteiger partial charge in [0.05, 0.1) is 5.56 Å². The summed E-state index contributed by atoms with van der Waals surface area (Å²) >= 11 is 0. The van der Waals surface area contributed by atoms with Gasteiger partial charge < -0.3 is 0 Å². The lowest BCUT2D eigenvalue weighted by molar-refractivity contribution is 0.146. The van der Waals surface area contributed by atoms with E-state index in [2.05, 4.69) is 12.1 Å². The van der Waals surface area contributed by atoms with E-state index in [1.54, 1.807) is 12.1 Å². The minimum Gasteiger partial charge on any atom is -0.247 e. The second-order valence-electron chi connectivity index (χ2n) is 7.58. The van der Waals surface area contributed by atoms with Crippen LogP contribution in [0.4, 0.5) is 17.6 Å². The first-order valence-corrected chi connectivity index (χ1v) is 9.97. The van der Waals surface area contributed by atoms with Crippen molar-refractivity contribution in [2.24, 2.45) is 5.92 Å². The van der Waals surface area contributed by atoms with Gasteiger partial charge in [-0.2, -0.15) is 0 Å². The summed E-state index contributed by atoms with van der Waals surface area (Å²) in [5, 5.41) is 0. The molecule has 0 amide bonds. The molecule has 0 N–H and O–H groups in total. The summed E-state index contributed by atoms with van der Waals surface area (Å²) < 4.78 is 51.3. The first-order chi connectivity index (χ1) is 13.6. The second kappa shape index (κ2) is 9.90. The molecule has 0 atom stereocenters. The molecule has 0 unspecified atom stereocenters. The first-order valence-electron chi connectivity index (χ1n) is 9.97. The largest absolute Gasteiger partial charge is 0.266 e. The van der Waals surface area contributed by atoms with Crippen LogP contribution in [0.2, 0.25) is 0 Å². The summed E-state index contributed by atoms with van der Waals surface area (Å²) in [5.41, 5.74) is 2.16. The number of allylic oxidation sites excluding steroid dienone is 2. The molecule has 2 aromatic carbocycles. The summed E-state index contributed by atoms with van der Waals surface area (Å²) in [5.74, 6) is 0.386. The van der Waals surface area contributed by atoms with Crippen molar-refractivity contribution in [3.63, 3.8) is 0 Å². The van der Waals surface area contributed by atoms with Crippen molar-refractivity contribution in [3.8, 4) is 11.1 Å². The zero-order valence-corrected chi connectivity index (χ0v) is 15.9. The molecule has 1 aliphatic carbocycles. The van der Waals surface area contributed by atoms with E-state index in [0.717, 1.165) is 43.2 Å². The Morgan fingerprint density at radius 1 is 0.893 bits per heavy atom. The summed E-state index contributed by atoms with van der Waals surface area (Å²) in [6.07, 6.45) is 7.47. The van der Waals surface area contributed by atoms with Crippen LogP contribution in [-0.2, 0) is 0 Å². The standard InChI is InChI=1S/C24H26F4/c25-15-3-1-2-4-17-5-7-18(8-6-17)19-9-11-20(12-10-19)21-13-14-22(24(27)28)23(26)16-21/h1,3,9-14,16-18,24H,2,4-8,15H2/t17-,18-. The van der Waals surface area contributed by atoms with Crippen LogP contribution < -0.4 is 0 Å². The number of hydrogen-bond donors (Lipinski definition) is 0. The van der Waals surface area contributed by atoms with Gasteiger partial charge in [0, 0.05) is 0 Å². The third kappa shape index (κ3) is 5.24. The fourth-order valence-corrected chi connectivity index (χ4v) is 4.13. The average molecular weight is 390 g/mol. The summed E-state index contributed by atoms with van der Waals surface area (Å²) in [6.45, 7) is -0.383. The zero-order valence-electron chi connectivity index (χ0n) is 15.9. The average Bonchev–Trinajstić information content (AvgIpc) is 2.71. The molecule has 0 nitrogen and oxygen atoms in total. The Bertz CT molecular complexity index is 772.